The van der Waals surface area contributed by atoms with Crippen molar-refractivity contribution in [3.05, 3.63) is 65.7 Å². The summed E-state index contributed by atoms with van der Waals surface area (Å²) in [6, 6.07) is 16.9. The average Bonchev–Trinajstić information content (AvgIpc) is 3.32. The van der Waals surface area contributed by atoms with Crippen LogP contribution in [0.1, 0.15) is 16.9 Å². The number of anilines is 1. The van der Waals surface area contributed by atoms with Gasteiger partial charge in [0, 0.05) is 24.0 Å². The van der Waals surface area contributed by atoms with Gasteiger partial charge in [0.15, 0.2) is 16.5 Å². The molecular formula is C20H16N4O3S. The molecule has 140 valence electrons. The first-order valence-electron chi connectivity index (χ1n) is 8.61. The van der Waals surface area contributed by atoms with Gasteiger partial charge in [0.2, 0.25) is 5.91 Å². The van der Waals surface area contributed by atoms with Gasteiger partial charge in [0.05, 0.1) is 11.0 Å². The first-order chi connectivity index (χ1) is 13.6. The van der Waals surface area contributed by atoms with Crippen LogP contribution in [0.25, 0.3) is 21.9 Å². The van der Waals surface area contributed by atoms with Crippen molar-refractivity contribution in [1.82, 2.24) is 14.5 Å². The molecule has 7 nitrogen and oxygen atoms in total. The molecule has 0 saturated heterocycles. The van der Waals surface area contributed by atoms with Gasteiger partial charge in [-0.1, -0.05) is 30.3 Å². The number of fused-ring (bicyclic) bond motifs is 1. The molecular weight excluding hydrogens is 376 g/mol. The van der Waals surface area contributed by atoms with E-state index in [0.29, 0.717) is 17.4 Å². The highest BCUT2D eigenvalue weighted by Crippen LogP contribution is 2.28. The maximum Gasteiger partial charge on any atom is 0.355 e. The van der Waals surface area contributed by atoms with E-state index in [2.05, 4.69) is 15.3 Å². The van der Waals surface area contributed by atoms with E-state index in [1.807, 2.05) is 59.2 Å². The highest BCUT2D eigenvalue weighted by molar-refractivity contribution is 7.13. The third kappa shape index (κ3) is 3.63. The molecule has 0 fully saturated rings. The highest BCUT2D eigenvalue weighted by Gasteiger charge is 2.18. The highest BCUT2D eigenvalue weighted by atomic mass is 32.1. The second kappa shape index (κ2) is 7.61. The Balaban J connectivity index is 1.61. The fourth-order valence-electron chi connectivity index (χ4n) is 2.90. The smallest absolute Gasteiger partial charge is 0.355 e. The van der Waals surface area contributed by atoms with E-state index in [4.69, 9.17) is 5.11 Å². The van der Waals surface area contributed by atoms with Gasteiger partial charge in [0.25, 0.3) is 0 Å². The van der Waals surface area contributed by atoms with Gasteiger partial charge in [-0.05, 0) is 24.3 Å². The van der Waals surface area contributed by atoms with Gasteiger partial charge < -0.3 is 15.0 Å². The molecule has 4 rings (SSSR count). The molecule has 2 aromatic carbocycles. The molecule has 0 radical (unpaired) electrons. The molecule has 2 aromatic heterocycles. The van der Waals surface area contributed by atoms with Crippen molar-refractivity contribution in [2.75, 3.05) is 5.32 Å². The Morgan fingerprint density at radius 1 is 1.04 bits per heavy atom. The van der Waals surface area contributed by atoms with Crippen LogP contribution in [0.3, 0.4) is 0 Å². The Hall–Kier alpha value is -3.52. The lowest BCUT2D eigenvalue weighted by atomic mass is 10.3. The van der Waals surface area contributed by atoms with E-state index < -0.39 is 5.97 Å². The van der Waals surface area contributed by atoms with Crippen LogP contribution >= 0.6 is 11.3 Å². The van der Waals surface area contributed by atoms with E-state index in [0.717, 1.165) is 16.7 Å². The number of thiazole rings is 1. The molecule has 8 heteroatoms. The van der Waals surface area contributed by atoms with Crippen molar-refractivity contribution >= 4 is 39.9 Å². The number of carboxylic acids is 1. The number of aromatic carboxylic acids is 1. The average molecular weight is 392 g/mol. The number of carbonyl (C=O) groups is 2. The van der Waals surface area contributed by atoms with Crippen LogP contribution in [0.2, 0.25) is 0 Å². The molecule has 0 aliphatic rings. The summed E-state index contributed by atoms with van der Waals surface area (Å²) in [6.07, 6.45) is 0.249. The molecule has 28 heavy (non-hydrogen) atoms. The number of nitrogens with one attached hydrogen (secondary N) is 1. The van der Waals surface area contributed by atoms with Crippen LogP contribution in [-0.4, -0.2) is 31.5 Å². The number of para-hydroxylation sites is 3. The summed E-state index contributed by atoms with van der Waals surface area (Å²) in [7, 11) is 0. The minimum atomic E-state index is -1.08. The number of hydrogen-bond acceptors (Lipinski definition) is 5. The van der Waals surface area contributed by atoms with Crippen molar-refractivity contribution in [2.45, 2.75) is 13.0 Å². The minimum absolute atomic E-state index is 0.0135. The number of aromatic nitrogens is 3. The lowest BCUT2D eigenvalue weighted by Crippen LogP contribution is -2.15. The molecule has 0 atom stereocenters. The zero-order valence-electron chi connectivity index (χ0n) is 14.7. The second-order valence-corrected chi connectivity index (χ2v) is 6.94. The maximum absolute atomic E-state index is 12.3. The topological polar surface area (TPSA) is 97.1 Å². The monoisotopic (exact) mass is 392 g/mol. The summed E-state index contributed by atoms with van der Waals surface area (Å²) in [5.74, 6) is -0.626. The lowest BCUT2D eigenvalue weighted by Gasteiger charge is -2.09. The number of hydrogen-bond donors (Lipinski definition) is 2. The van der Waals surface area contributed by atoms with Crippen LogP contribution < -0.4 is 5.32 Å². The molecule has 2 N–H and O–H groups in total. The predicted octanol–water partition coefficient (Wildman–Crippen LogP) is 3.89. The Bertz CT molecular complexity index is 1150. The summed E-state index contributed by atoms with van der Waals surface area (Å²) in [5.41, 5.74) is 2.37. The summed E-state index contributed by atoms with van der Waals surface area (Å²) in [5, 5.41) is 14.0. The van der Waals surface area contributed by atoms with Crippen molar-refractivity contribution in [1.29, 1.82) is 0 Å². The third-order valence-electron chi connectivity index (χ3n) is 4.19. The van der Waals surface area contributed by atoms with Gasteiger partial charge in [0.1, 0.15) is 0 Å². The van der Waals surface area contributed by atoms with Gasteiger partial charge >= 0.3 is 5.97 Å². The van der Waals surface area contributed by atoms with E-state index in [-0.39, 0.29) is 18.0 Å². The second-order valence-electron chi connectivity index (χ2n) is 6.08. The molecule has 0 spiro atoms. The third-order valence-corrected chi connectivity index (χ3v) is 5.03. The van der Waals surface area contributed by atoms with Crippen LogP contribution in [0.5, 0.6) is 0 Å². The number of carbonyl (C=O) groups excluding carboxylic acids is 1. The summed E-state index contributed by atoms with van der Waals surface area (Å²) < 4.78 is 1.91. The van der Waals surface area contributed by atoms with Crippen molar-refractivity contribution < 1.29 is 14.7 Å². The molecule has 1 amide bonds. The standard InChI is InChI=1S/C20H16N4O3S/c25-17(21-13-6-2-1-3-7-13)10-11-24-16-9-5-4-8-14(16)22-18(24)19-23-15(12-28-19)20(26)27/h1-9,12H,10-11H2,(H,21,25)(H,26,27). The van der Waals surface area contributed by atoms with Crippen molar-refractivity contribution in [2.24, 2.45) is 0 Å². The van der Waals surface area contributed by atoms with Crippen molar-refractivity contribution in [3.63, 3.8) is 0 Å². The van der Waals surface area contributed by atoms with Crippen LogP contribution in [-0.2, 0) is 11.3 Å². The number of rotatable bonds is 6. The van der Waals surface area contributed by atoms with E-state index in [1.165, 1.54) is 16.7 Å². The Morgan fingerprint density at radius 2 is 1.79 bits per heavy atom. The van der Waals surface area contributed by atoms with E-state index in [1.54, 1.807) is 0 Å². The van der Waals surface area contributed by atoms with Crippen LogP contribution in [0, 0.1) is 0 Å². The summed E-state index contributed by atoms with van der Waals surface area (Å²) >= 11 is 1.22. The molecule has 0 bridgehead atoms. The summed E-state index contributed by atoms with van der Waals surface area (Å²) in [4.78, 5) is 32.3. The van der Waals surface area contributed by atoms with Crippen LogP contribution in [0.4, 0.5) is 5.69 Å². The molecule has 4 aromatic rings. The Morgan fingerprint density at radius 3 is 2.54 bits per heavy atom. The van der Waals surface area contributed by atoms with Crippen molar-refractivity contribution in [3.8, 4) is 10.8 Å². The van der Waals surface area contributed by atoms with E-state index in [9.17, 15) is 9.59 Å². The zero-order chi connectivity index (χ0) is 19.5. The first-order valence-corrected chi connectivity index (χ1v) is 9.49. The number of imidazole rings is 1. The van der Waals surface area contributed by atoms with Gasteiger partial charge in [-0.25, -0.2) is 14.8 Å². The quantitative estimate of drug-likeness (QED) is 0.519. The van der Waals surface area contributed by atoms with Gasteiger partial charge in [-0.3, -0.25) is 4.79 Å². The number of carboxylic acid groups (broad SMARTS) is 1. The lowest BCUT2D eigenvalue weighted by molar-refractivity contribution is -0.116. The number of benzene rings is 2. The first kappa shape index (κ1) is 17.9. The SMILES string of the molecule is O=C(CCn1c(-c2nc(C(=O)O)cs2)nc2ccccc21)Nc1ccccc1. The Labute approximate surface area is 164 Å². The zero-order valence-corrected chi connectivity index (χ0v) is 15.5. The normalized spacial score (nSPS) is 10.9. The minimum Gasteiger partial charge on any atom is -0.476 e. The number of nitrogens with zero attached hydrogens (tertiary/aromatic N) is 3. The van der Waals surface area contributed by atoms with Gasteiger partial charge in [-0.2, -0.15) is 0 Å². The molecule has 0 unspecified atom stereocenters. The molecule has 2 heterocycles. The molecule has 0 saturated carbocycles. The predicted molar refractivity (Wildman–Crippen MR) is 107 cm³/mol. The Kier molecular flexibility index (Phi) is 4.86. The largest absolute Gasteiger partial charge is 0.476 e. The van der Waals surface area contributed by atoms with Crippen LogP contribution in [0.15, 0.2) is 60.0 Å². The number of aryl methyl sites for hydroxylation is 1. The fourth-order valence-corrected chi connectivity index (χ4v) is 3.69. The summed E-state index contributed by atoms with van der Waals surface area (Å²) in [6.45, 7) is 0.399. The maximum atomic E-state index is 12.3. The number of amides is 1. The van der Waals surface area contributed by atoms with E-state index >= 15 is 0 Å². The molecule has 0 aliphatic heterocycles. The van der Waals surface area contributed by atoms with Gasteiger partial charge in [-0.15, -0.1) is 11.3 Å². The molecule has 0 aliphatic carbocycles. The fraction of sp³-hybridized carbons (Fsp3) is 0.100.